The van der Waals surface area contributed by atoms with Crippen LogP contribution >= 0.6 is 0 Å². The lowest BCUT2D eigenvalue weighted by atomic mass is 9.98. The van der Waals surface area contributed by atoms with Gasteiger partial charge in [-0.2, -0.15) is 10.1 Å². The van der Waals surface area contributed by atoms with Gasteiger partial charge < -0.3 is 16.0 Å². The fourth-order valence-electron chi connectivity index (χ4n) is 3.77. The Kier molecular flexibility index (Phi) is 6.14. The Bertz CT molecular complexity index is 1280. The number of benzene rings is 3. The van der Waals surface area contributed by atoms with E-state index >= 15 is 0 Å². The van der Waals surface area contributed by atoms with Crippen LogP contribution in [0.5, 0.6) is 6.01 Å². The number of nitrogens with two attached hydrogens (primary N) is 2. The van der Waals surface area contributed by atoms with Crippen LogP contribution in [0.4, 0.5) is 0 Å². The Morgan fingerprint density at radius 3 is 2.59 bits per heavy atom. The third kappa shape index (κ3) is 3.91. The maximum Gasteiger partial charge on any atom is 0.297 e. The largest absolute Gasteiger partial charge is 0.465 e. The number of nitrogens with zero attached hydrogens (tertiary/aromatic N) is 3. The highest BCUT2D eigenvalue weighted by Crippen LogP contribution is 2.27. The Hall–Kier alpha value is -4.17. The van der Waals surface area contributed by atoms with E-state index < -0.39 is 0 Å². The molecule has 0 atom stereocenters. The summed E-state index contributed by atoms with van der Waals surface area (Å²) in [5.74, 6) is 11.4. The number of hydrogen-bond acceptors (Lipinski definition) is 6. The first kappa shape index (κ1) is 21.1. The maximum atomic E-state index is 11.6. The van der Waals surface area contributed by atoms with Crippen LogP contribution < -0.4 is 21.8 Å². The third-order valence-electron chi connectivity index (χ3n) is 5.22. The van der Waals surface area contributed by atoms with Crippen molar-refractivity contribution in [1.82, 2.24) is 15.0 Å². The van der Waals surface area contributed by atoms with Crippen LogP contribution in [0.2, 0.25) is 0 Å². The van der Waals surface area contributed by atoms with E-state index in [0.717, 1.165) is 39.6 Å². The molecule has 0 unspecified atom stereocenters. The van der Waals surface area contributed by atoms with Crippen LogP contribution in [-0.4, -0.2) is 28.3 Å². The first-order chi connectivity index (χ1) is 15.7. The van der Waals surface area contributed by atoms with Crippen molar-refractivity contribution in [1.29, 1.82) is 0 Å². The number of hydrazone groups is 1. The number of carbonyl (C=O) groups excluding carboxylic acids is 1. The molecule has 8 nitrogen and oxygen atoms in total. The summed E-state index contributed by atoms with van der Waals surface area (Å²) in [5.41, 5.74) is 8.40. The Labute approximate surface area is 185 Å². The van der Waals surface area contributed by atoms with Gasteiger partial charge in [-0.05, 0) is 35.7 Å². The van der Waals surface area contributed by atoms with Gasteiger partial charge in [0.25, 0.3) is 6.01 Å². The number of ether oxygens (including phenoxy) is 1. The minimum Gasteiger partial charge on any atom is -0.465 e. The molecule has 0 aliphatic rings. The quantitative estimate of drug-likeness (QED) is 0.137. The molecule has 0 aliphatic heterocycles. The zero-order chi connectivity index (χ0) is 22.5. The van der Waals surface area contributed by atoms with Gasteiger partial charge in [-0.3, -0.25) is 9.36 Å². The van der Waals surface area contributed by atoms with Crippen molar-refractivity contribution in [2.45, 2.75) is 13.5 Å². The molecule has 4 aromatic rings. The molecule has 162 valence electrons. The monoisotopic (exact) mass is 428 g/mol. The number of hydrogen-bond donors (Lipinski definition) is 3. The van der Waals surface area contributed by atoms with Crippen LogP contribution in [0.15, 0.2) is 71.8 Å². The number of para-hydroxylation sites is 1. The lowest BCUT2D eigenvalue weighted by molar-refractivity contribution is 0.112. The van der Waals surface area contributed by atoms with E-state index in [2.05, 4.69) is 15.5 Å². The Balaban J connectivity index is 1.71. The second-order valence-electron chi connectivity index (χ2n) is 7.11. The summed E-state index contributed by atoms with van der Waals surface area (Å²) in [5, 5.41) is 3.73. The maximum absolute atomic E-state index is 11.6. The number of amidine groups is 1. The number of carbonyl (C=O) groups is 1. The molecule has 0 bridgehead atoms. The minimum absolute atomic E-state index is 0.400. The van der Waals surface area contributed by atoms with Gasteiger partial charge in [0.15, 0.2) is 12.1 Å². The van der Waals surface area contributed by atoms with Gasteiger partial charge in [0.05, 0.1) is 24.2 Å². The molecule has 0 saturated heterocycles. The zero-order valence-electron chi connectivity index (χ0n) is 17.7. The van der Waals surface area contributed by atoms with Gasteiger partial charge in [-0.15, -0.1) is 0 Å². The SMILES string of the molecule is CCOc1nc2cccc(C=O)c2n1Cc1ccc(-c2ccccc2/C(=N/N)NN)cc1. The molecule has 5 N–H and O–H groups in total. The number of rotatable bonds is 7. The van der Waals surface area contributed by atoms with Crippen LogP contribution in [0.3, 0.4) is 0 Å². The van der Waals surface area contributed by atoms with Crippen molar-refractivity contribution < 1.29 is 9.53 Å². The van der Waals surface area contributed by atoms with E-state index in [1.807, 2.05) is 72.2 Å². The fourth-order valence-corrected chi connectivity index (χ4v) is 3.77. The average Bonchev–Trinajstić information content (AvgIpc) is 3.18. The Morgan fingerprint density at radius 2 is 1.91 bits per heavy atom. The number of hydrazine groups is 1. The van der Waals surface area contributed by atoms with Crippen molar-refractivity contribution in [3.05, 3.63) is 83.4 Å². The smallest absolute Gasteiger partial charge is 0.297 e. The summed E-state index contributed by atoms with van der Waals surface area (Å²) >= 11 is 0. The van der Waals surface area contributed by atoms with Crippen LogP contribution in [0, 0.1) is 0 Å². The second-order valence-corrected chi connectivity index (χ2v) is 7.11. The highest BCUT2D eigenvalue weighted by Gasteiger charge is 2.16. The first-order valence-electron chi connectivity index (χ1n) is 10.2. The Morgan fingerprint density at radius 1 is 1.12 bits per heavy atom. The molecular weight excluding hydrogens is 404 g/mol. The van der Waals surface area contributed by atoms with Crippen molar-refractivity contribution in [2.75, 3.05) is 6.61 Å². The third-order valence-corrected chi connectivity index (χ3v) is 5.22. The van der Waals surface area contributed by atoms with Crippen molar-refractivity contribution in [3.63, 3.8) is 0 Å². The predicted octanol–water partition coefficient (Wildman–Crippen LogP) is 3.05. The summed E-state index contributed by atoms with van der Waals surface area (Å²) < 4.78 is 7.68. The number of aldehydes is 1. The summed E-state index contributed by atoms with van der Waals surface area (Å²) in [4.78, 5) is 16.2. The topological polar surface area (TPSA) is 121 Å². The van der Waals surface area contributed by atoms with Gasteiger partial charge in [0, 0.05) is 11.1 Å². The average molecular weight is 428 g/mol. The van der Waals surface area contributed by atoms with E-state index in [-0.39, 0.29) is 0 Å². The van der Waals surface area contributed by atoms with Crippen molar-refractivity contribution >= 4 is 23.2 Å². The van der Waals surface area contributed by atoms with Gasteiger partial charge in [0.1, 0.15) is 0 Å². The van der Waals surface area contributed by atoms with Crippen molar-refractivity contribution in [2.24, 2.45) is 16.8 Å². The molecule has 8 heteroatoms. The molecule has 0 saturated carbocycles. The van der Waals surface area contributed by atoms with E-state index in [9.17, 15) is 4.79 Å². The standard InChI is InChI=1S/C24H24N6O2/c1-2-32-24-27-21-9-5-6-18(15-31)22(21)30(24)14-16-10-12-17(13-11-16)19-7-3-4-8-20(19)23(28-25)29-26/h3-13,15H,2,14,25-26H2,1H3,(H,28,29). The molecule has 32 heavy (non-hydrogen) atoms. The first-order valence-corrected chi connectivity index (χ1v) is 10.2. The van der Waals surface area contributed by atoms with Crippen LogP contribution in [0.1, 0.15) is 28.4 Å². The van der Waals surface area contributed by atoms with E-state index in [0.29, 0.717) is 30.6 Å². The van der Waals surface area contributed by atoms with E-state index in [1.165, 1.54) is 0 Å². The number of aromatic nitrogens is 2. The van der Waals surface area contributed by atoms with Crippen LogP contribution in [0.25, 0.3) is 22.2 Å². The molecule has 3 aromatic carbocycles. The number of nitrogens with one attached hydrogen (secondary N) is 1. The number of imidazole rings is 1. The lowest BCUT2D eigenvalue weighted by Crippen LogP contribution is -2.32. The van der Waals surface area contributed by atoms with E-state index in [1.54, 1.807) is 6.07 Å². The van der Waals surface area contributed by atoms with Gasteiger partial charge >= 0.3 is 0 Å². The predicted molar refractivity (Wildman–Crippen MR) is 125 cm³/mol. The molecule has 4 rings (SSSR count). The summed E-state index contributed by atoms with van der Waals surface area (Å²) in [6, 6.07) is 21.8. The molecule has 0 amide bonds. The molecule has 0 spiro atoms. The van der Waals surface area contributed by atoms with Crippen LogP contribution in [-0.2, 0) is 6.54 Å². The number of fused-ring (bicyclic) bond motifs is 1. The second kappa shape index (κ2) is 9.32. The van der Waals surface area contributed by atoms with Gasteiger partial charge in [-0.25, -0.2) is 5.84 Å². The molecule has 0 radical (unpaired) electrons. The van der Waals surface area contributed by atoms with Gasteiger partial charge in [-0.1, -0.05) is 54.6 Å². The fraction of sp³-hybridized carbons (Fsp3) is 0.125. The summed E-state index contributed by atoms with van der Waals surface area (Å²) in [7, 11) is 0. The summed E-state index contributed by atoms with van der Waals surface area (Å²) in [6.07, 6.45) is 0.846. The zero-order valence-corrected chi connectivity index (χ0v) is 17.7. The minimum atomic E-state index is 0.400. The van der Waals surface area contributed by atoms with Gasteiger partial charge in [0.2, 0.25) is 0 Å². The molecule has 1 heterocycles. The lowest BCUT2D eigenvalue weighted by Gasteiger charge is -2.13. The molecule has 0 aliphatic carbocycles. The molecular formula is C24H24N6O2. The molecule has 0 fully saturated rings. The highest BCUT2D eigenvalue weighted by molar-refractivity contribution is 6.04. The van der Waals surface area contributed by atoms with Crippen molar-refractivity contribution in [3.8, 4) is 17.1 Å². The molecule has 1 aromatic heterocycles. The normalized spacial score (nSPS) is 11.5. The van der Waals surface area contributed by atoms with E-state index in [4.69, 9.17) is 16.4 Å². The highest BCUT2D eigenvalue weighted by atomic mass is 16.5. The summed E-state index contributed by atoms with van der Waals surface area (Å²) in [6.45, 7) is 2.90.